The van der Waals surface area contributed by atoms with Crippen LogP contribution in [0.15, 0.2) is 24.3 Å². The third-order valence-corrected chi connectivity index (χ3v) is 7.16. The van der Waals surface area contributed by atoms with Crippen molar-refractivity contribution in [3.05, 3.63) is 41.0 Å². The van der Waals surface area contributed by atoms with Crippen LogP contribution in [-0.4, -0.2) is 46.7 Å². The third kappa shape index (κ3) is 3.96. The van der Waals surface area contributed by atoms with E-state index in [1.165, 1.54) is 0 Å². The van der Waals surface area contributed by atoms with Crippen LogP contribution in [0.2, 0.25) is 0 Å². The highest BCUT2D eigenvalue weighted by Gasteiger charge is 2.54. The third-order valence-electron chi connectivity index (χ3n) is 7.16. The monoisotopic (exact) mass is 498 g/mol. The van der Waals surface area contributed by atoms with E-state index < -0.39 is 17.9 Å². The number of unbranched alkanes of at least 4 members (excludes halogenated alkanes) is 1. The summed E-state index contributed by atoms with van der Waals surface area (Å²) in [5, 5.41) is 0. The fourth-order valence-electron chi connectivity index (χ4n) is 5.47. The second-order valence-electron chi connectivity index (χ2n) is 9.10. The van der Waals surface area contributed by atoms with Gasteiger partial charge in [0.1, 0.15) is 6.10 Å². The molecular formula is C27H30O9. The van der Waals surface area contributed by atoms with Gasteiger partial charge in [0.15, 0.2) is 23.0 Å². The standard InChI is InChI=1S/C27H30O9/c1-5-6-7-22(28)36-25-16-11-19-18(34-13-35-19)10-15(16)23(24-17(25)12-33-27(24)29)14-8-20(30-2)26(32-4)21(9-14)31-3/h8-11,17,23-25H,5-7,12-13H2,1-4H3/t17?,23-,24?,25+/m1/s1. The SMILES string of the molecule is CCCCC(=O)O[C@H]1c2cc3c(cc2[C@@H](c2cc(OC)c(OC)c(OC)c2)C2C(=O)OCC21)OCO3. The van der Waals surface area contributed by atoms with Crippen molar-refractivity contribution in [1.82, 2.24) is 0 Å². The van der Waals surface area contributed by atoms with Gasteiger partial charge < -0.3 is 33.2 Å². The summed E-state index contributed by atoms with van der Waals surface area (Å²) in [7, 11) is 4.64. The minimum Gasteiger partial charge on any atom is -0.493 e. The van der Waals surface area contributed by atoms with Crippen LogP contribution in [0.25, 0.3) is 0 Å². The van der Waals surface area contributed by atoms with Crippen LogP contribution in [-0.2, 0) is 19.1 Å². The Balaban J connectivity index is 1.68. The molecule has 1 aliphatic carbocycles. The lowest BCUT2D eigenvalue weighted by Crippen LogP contribution is -2.36. The van der Waals surface area contributed by atoms with Crippen LogP contribution < -0.4 is 23.7 Å². The fraction of sp³-hybridized carbons (Fsp3) is 0.481. The van der Waals surface area contributed by atoms with E-state index in [2.05, 4.69) is 0 Å². The average molecular weight is 499 g/mol. The van der Waals surface area contributed by atoms with Crippen molar-refractivity contribution in [3.8, 4) is 28.7 Å². The number of fused-ring (bicyclic) bond motifs is 3. The van der Waals surface area contributed by atoms with E-state index in [0.717, 1.165) is 29.5 Å². The number of methoxy groups -OCH3 is 3. The molecule has 0 spiro atoms. The molecule has 9 heteroatoms. The summed E-state index contributed by atoms with van der Waals surface area (Å²) in [6.45, 7) is 2.28. The summed E-state index contributed by atoms with van der Waals surface area (Å²) >= 11 is 0. The second-order valence-corrected chi connectivity index (χ2v) is 9.10. The van der Waals surface area contributed by atoms with Gasteiger partial charge in [0, 0.05) is 23.8 Å². The van der Waals surface area contributed by atoms with Gasteiger partial charge in [-0.2, -0.15) is 0 Å². The number of carbonyl (C=O) groups excluding carboxylic acids is 2. The minimum absolute atomic E-state index is 0.100. The Hall–Kier alpha value is -3.62. The molecule has 1 fully saturated rings. The Kier molecular flexibility index (Phi) is 6.55. The lowest BCUT2D eigenvalue weighted by atomic mass is 9.66. The van der Waals surface area contributed by atoms with Crippen LogP contribution >= 0.6 is 0 Å². The quantitative estimate of drug-likeness (QED) is 0.497. The number of hydrogen-bond acceptors (Lipinski definition) is 9. The van der Waals surface area contributed by atoms with Crippen molar-refractivity contribution >= 4 is 11.9 Å². The molecule has 9 nitrogen and oxygen atoms in total. The molecule has 2 heterocycles. The van der Waals surface area contributed by atoms with E-state index in [4.69, 9.17) is 33.2 Å². The molecule has 0 saturated carbocycles. The molecule has 0 amide bonds. The first-order valence-electron chi connectivity index (χ1n) is 12.1. The lowest BCUT2D eigenvalue weighted by Gasteiger charge is -2.38. The van der Waals surface area contributed by atoms with E-state index >= 15 is 0 Å². The van der Waals surface area contributed by atoms with Crippen LogP contribution in [0, 0.1) is 11.8 Å². The van der Waals surface area contributed by atoms with Gasteiger partial charge in [-0.15, -0.1) is 0 Å². The zero-order valence-corrected chi connectivity index (χ0v) is 20.8. The minimum atomic E-state index is -0.645. The van der Waals surface area contributed by atoms with E-state index in [9.17, 15) is 9.59 Å². The second kappa shape index (κ2) is 9.79. The maximum absolute atomic E-state index is 13.2. The maximum atomic E-state index is 13.2. The number of ether oxygens (including phenoxy) is 7. The van der Waals surface area contributed by atoms with Crippen molar-refractivity contribution in [2.24, 2.45) is 11.8 Å². The molecule has 0 radical (unpaired) electrons. The fourth-order valence-corrected chi connectivity index (χ4v) is 5.47. The molecule has 0 N–H and O–H groups in total. The van der Waals surface area contributed by atoms with Gasteiger partial charge in [0.2, 0.25) is 12.5 Å². The van der Waals surface area contributed by atoms with Crippen molar-refractivity contribution in [2.45, 2.75) is 38.2 Å². The summed E-state index contributed by atoms with van der Waals surface area (Å²) in [6, 6.07) is 7.42. The van der Waals surface area contributed by atoms with Crippen molar-refractivity contribution in [3.63, 3.8) is 0 Å². The van der Waals surface area contributed by atoms with Gasteiger partial charge in [-0.05, 0) is 41.8 Å². The van der Waals surface area contributed by atoms with Gasteiger partial charge >= 0.3 is 11.9 Å². The zero-order valence-electron chi connectivity index (χ0n) is 20.8. The molecule has 4 atom stereocenters. The summed E-state index contributed by atoms with van der Waals surface area (Å²) < 4.78 is 39.5. The summed E-state index contributed by atoms with van der Waals surface area (Å²) in [6.07, 6.45) is 1.28. The topological polar surface area (TPSA) is 98.8 Å². The van der Waals surface area contributed by atoms with Crippen molar-refractivity contribution in [2.75, 3.05) is 34.7 Å². The highest BCUT2D eigenvalue weighted by atomic mass is 16.7. The number of esters is 2. The molecule has 36 heavy (non-hydrogen) atoms. The Morgan fingerprint density at radius 1 is 0.944 bits per heavy atom. The number of cyclic esters (lactones) is 1. The van der Waals surface area contributed by atoms with Crippen LogP contribution in [0.3, 0.4) is 0 Å². The molecule has 5 rings (SSSR count). The Morgan fingerprint density at radius 2 is 1.61 bits per heavy atom. The summed E-state index contributed by atoms with van der Waals surface area (Å²) in [5.41, 5.74) is 2.37. The number of rotatable bonds is 8. The normalized spacial score (nSPS) is 23.4. The molecule has 2 aromatic carbocycles. The predicted molar refractivity (Wildman–Crippen MR) is 127 cm³/mol. The van der Waals surface area contributed by atoms with Gasteiger partial charge in [0.05, 0.1) is 33.9 Å². The van der Waals surface area contributed by atoms with Gasteiger partial charge in [-0.3, -0.25) is 9.59 Å². The molecule has 2 unspecified atom stereocenters. The summed E-state index contributed by atoms with van der Waals surface area (Å²) in [5.74, 6) is 0.571. The Morgan fingerprint density at radius 3 is 2.22 bits per heavy atom. The van der Waals surface area contributed by atoms with E-state index in [0.29, 0.717) is 35.2 Å². The van der Waals surface area contributed by atoms with E-state index in [1.54, 1.807) is 21.3 Å². The molecule has 2 aliphatic heterocycles. The van der Waals surface area contributed by atoms with Gasteiger partial charge in [-0.1, -0.05) is 13.3 Å². The number of hydrogen-bond donors (Lipinski definition) is 0. The van der Waals surface area contributed by atoms with Gasteiger partial charge in [-0.25, -0.2) is 0 Å². The van der Waals surface area contributed by atoms with E-state index in [-0.39, 0.29) is 31.3 Å². The Bertz CT molecular complexity index is 1150. The first-order chi connectivity index (χ1) is 17.5. The zero-order chi connectivity index (χ0) is 25.4. The highest BCUT2D eigenvalue weighted by molar-refractivity contribution is 5.79. The van der Waals surface area contributed by atoms with Crippen LogP contribution in [0.4, 0.5) is 0 Å². The van der Waals surface area contributed by atoms with Crippen LogP contribution in [0.5, 0.6) is 28.7 Å². The maximum Gasteiger partial charge on any atom is 0.310 e. The number of carbonyl (C=O) groups is 2. The van der Waals surface area contributed by atoms with Crippen molar-refractivity contribution in [1.29, 1.82) is 0 Å². The highest BCUT2D eigenvalue weighted by Crippen LogP contribution is 2.56. The number of benzene rings is 2. The van der Waals surface area contributed by atoms with Gasteiger partial charge in [0.25, 0.3) is 0 Å². The molecule has 2 aromatic rings. The molecule has 1 saturated heterocycles. The largest absolute Gasteiger partial charge is 0.493 e. The van der Waals surface area contributed by atoms with E-state index in [1.807, 2.05) is 31.2 Å². The smallest absolute Gasteiger partial charge is 0.310 e. The first-order valence-corrected chi connectivity index (χ1v) is 12.1. The summed E-state index contributed by atoms with van der Waals surface area (Å²) in [4.78, 5) is 25.9. The lowest BCUT2D eigenvalue weighted by molar-refractivity contribution is -0.154. The molecule has 192 valence electrons. The first kappa shape index (κ1) is 24.1. The molecule has 0 bridgehead atoms. The molecular weight excluding hydrogens is 468 g/mol. The Labute approximate surface area is 209 Å². The van der Waals surface area contributed by atoms with Crippen LogP contribution in [0.1, 0.15) is 54.9 Å². The molecule has 3 aliphatic rings. The molecule has 0 aromatic heterocycles. The average Bonchev–Trinajstić information content (AvgIpc) is 3.51. The van der Waals surface area contributed by atoms with Crippen molar-refractivity contribution < 1.29 is 42.7 Å². The predicted octanol–water partition coefficient (Wildman–Crippen LogP) is 4.15.